The van der Waals surface area contributed by atoms with E-state index in [4.69, 9.17) is 4.74 Å². The zero-order valence-electron chi connectivity index (χ0n) is 10.9. The van der Waals surface area contributed by atoms with Crippen molar-refractivity contribution < 1.29 is 9.13 Å². The molecule has 1 aromatic carbocycles. The normalized spacial score (nSPS) is 10.9. The van der Waals surface area contributed by atoms with Gasteiger partial charge in [-0.25, -0.2) is 4.39 Å². The highest BCUT2D eigenvalue weighted by molar-refractivity contribution is 5.27. The Hall–Kier alpha value is -1.09. The highest BCUT2D eigenvalue weighted by Crippen LogP contribution is 2.15. The van der Waals surface area contributed by atoms with Crippen LogP contribution in [0.3, 0.4) is 0 Å². The molecule has 0 aliphatic rings. The van der Waals surface area contributed by atoms with Crippen molar-refractivity contribution in [1.29, 1.82) is 0 Å². The minimum atomic E-state index is -0.213. The van der Waals surface area contributed by atoms with Crippen molar-refractivity contribution in [2.75, 3.05) is 19.7 Å². The summed E-state index contributed by atoms with van der Waals surface area (Å²) < 4.78 is 18.6. The first-order valence-electron chi connectivity index (χ1n) is 6.19. The Morgan fingerprint density at radius 1 is 1.29 bits per heavy atom. The van der Waals surface area contributed by atoms with Gasteiger partial charge in [-0.3, -0.25) is 0 Å². The summed E-state index contributed by atoms with van der Waals surface area (Å²) in [5, 5.41) is 3.29. The molecule has 0 fully saturated rings. The third-order valence-electron chi connectivity index (χ3n) is 2.59. The van der Waals surface area contributed by atoms with Gasteiger partial charge in [0.05, 0.1) is 0 Å². The molecule has 0 unspecified atom stereocenters. The van der Waals surface area contributed by atoms with Crippen LogP contribution in [0.25, 0.3) is 0 Å². The van der Waals surface area contributed by atoms with Crippen molar-refractivity contribution in [3.8, 4) is 5.75 Å². The maximum atomic E-state index is 13.2. The van der Waals surface area contributed by atoms with E-state index in [0.29, 0.717) is 17.9 Å². The minimum absolute atomic E-state index is 0.213. The Bertz CT molecular complexity index is 339. The highest BCUT2D eigenvalue weighted by Gasteiger charge is 2.00. The Labute approximate surface area is 103 Å². The maximum absolute atomic E-state index is 13.2. The number of hydrogen-bond acceptors (Lipinski definition) is 2. The van der Waals surface area contributed by atoms with E-state index in [1.54, 1.807) is 19.1 Å². The third kappa shape index (κ3) is 5.68. The SMILES string of the molecule is Cc1ccc(OCCNCCC(C)C)cc1F. The summed E-state index contributed by atoms with van der Waals surface area (Å²) in [6.45, 7) is 8.51. The van der Waals surface area contributed by atoms with Gasteiger partial charge in [0.25, 0.3) is 0 Å². The quantitative estimate of drug-likeness (QED) is 0.738. The molecule has 96 valence electrons. The number of aryl methyl sites for hydroxylation is 1. The molecule has 1 aromatic rings. The van der Waals surface area contributed by atoms with E-state index in [-0.39, 0.29) is 5.82 Å². The fraction of sp³-hybridized carbons (Fsp3) is 0.571. The van der Waals surface area contributed by atoms with Gasteiger partial charge in [-0.2, -0.15) is 0 Å². The van der Waals surface area contributed by atoms with Crippen molar-refractivity contribution in [1.82, 2.24) is 5.32 Å². The van der Waals surface area contributed by atoms with Crippen LogP contribution in [0.1, 0.15) is 25.8 Å². The second-order valence-corrected chi connectivity index (χ2v) is 4.69. The smallest absolute Gasteiger partial charge is 0.129 e. The van der Waals surface area contributed by atoms with Crippen molar-refractivity contribution in [2.24, 2.45) is 5.92 Å². The van der Waals surface area contributed by atoms with E-state index in [9.17, 15) is 4.39 Å². The van der Waals surface area contributed by atoms with Gasteiger partial charge in [-0.05, 0) is 37.4 Å². The van der Waals surface area contributed by atoms with Crippen LogP contribution in [0.5, 0.6) is 5.75 Å². The molecule has 0 heterocycles. The van der Waals surface area contributed by atoms with E-state index in [1.807, 2.05) is 0 Å². The predicted molar refractivity (Wildman–Crippen MR) is 69.0 cm³/mol. The molecule has 0 radical (unpaired) electrons. The number of halogens is 1. The van der Waals surface area contributed by atoms with Crippen molar-refractivity contribution in [3.63, 3.8) is 0 Å². The Kier molecular flexibility index (Phi) is 5.98. The average molecular weight is 239 g/mol. The molecule has 3 heteroatoms. The summed E-state index contributed by atoms with van der Waals surface area (Å²) in [5.74, 6) is 1.10. The van der Waals surface area contributed by atoms with Crippen LogP contribution in [-0.4, -0.2) is 19.7 Å². The summed E-state index contributed by atoms with van der Waals surface area (Å²) >= 11 is 0. The van der Waals surface area contributed by atoms with Gasteiger partial charge >= 0.3 is 0 Å². The molecule has 1 N–H and O–H groups in total. The number of hydrogen-bond donors (Lipinski definition) is 1. The fourth-order valence-corrected chi connectivity index (χ4v) is 1.42. The van der Waals surface area contributed by atoms with Gasteiger partial charge in [0.2, 0.25) is 0 Å². The molecule has 1 rings (SSSR count). The van der Waals surface area contributed by atoms with Gasteiger partial charge < -0.3 is 10.1 Å². The lowest BCUT2D eigenvalue weighted by Gasteiger charge is -2.09. The lowest BCUT2D eigenvalue weighted by atomic mass is 10.1. The summed E-state index contributed by atoms with van der Waals surface area (Å²) in [7, 11) is 0. The largest absolute Gasteiger partial charge is 0.492 e. The molecule has 0 saturated heterocycles. The van der Waals surface area contributed by atoms with E-state index in [0.717, 1.165) is 19.0 Å². The first-order valence-corrected chi connectivity index (χ1v) is 6.19. The molecule has 0 spiro atoms. The zero-order chi connectivity index (χ0) is 12.7. The monoisotopic (exact) mass is 239 g/mol. The Morgan fingerprint density at radius 2 is 2.06 bits per heavy atom. The van der Waals surface area contributed by atoms with Crippen LogP contribution in [0.4, 0.5) is 4.39 Å². The highest BCUT2D eigenvalue weighted by atomic mass is 19.1. The van der Waals surface area contributed by atoms with Gasteiger partial charge in [0.15, 0.2) is 0 Å². The van der Waals surface area contributed by atoms with Gasteiger partial charge in [0.1, 0.15) is 18.2 Å². The van der Waals surface area contributed by atoms with Crippen molar-refractivity contribution in [3.05, 3.63) is 29.6 Å². The van der Waals surface area contributed by atoms with Gasteiger partial charge in [-0.15, -0.1) is 0 Å². The zero-order valence-corrected chi connectivity index (χ0v) is 10.9. The number of benzene rings is 1. The molecule has 0 aromatic heterocycles. The Morgan fingerprint density at radius 3 is 2.71 bits per heavy atom. The van der Waals surface area contributed by atoms with Gasteiger partial charge in [-0.1, -0.05) is 19.9 Å². The van der Waals surface area contributed by atoms with E-state index in [1.165, 1.54) is 12.5 Å². The maximum Gasteiger partial charge on any atom is 0.129 e. The second kappa shape index (κ2) is 7.28. The third-order valence-corrected chi connectivity index (χ3v) is 2.59. The fourth-order valence-electron chi connectivity index (χ4n) is 1.42. The van der Waals surface area contributed by atoms with Crippen molar-refractivity contribution in [2.45, 2.75) is 27.2 Å². The standard InChI is InChI=1S/C14H22FNO/c1-11(2)6-7-16-8-9-17-13-5-4-12(3)14(15)10-13/h4-5,10-11,16H,6-9H2,1-3H3. The second-order valence-electron chi connectivity index (χ2n) is 4.69. The number of rotatable bonds is 7. The van der Waals surface area contributed by atoms with E-state index >= 15 is 0 Å². The van der Waals surface area contributed by atoms with Crippen LogP contribution in [0.15, 0.2) is 18.2 Å². The average Bonchev–Trinajstić information content (AvgIpc) is 2.27. The van der Waals surface area contributed by atoms with Gasteiger partial charge in [0, 0.05) is 12.6 Å². The Balaban J connectivity index is 2.16. The summed E-state index contributed by atoms with van der Waals surface area (Å²) in [4.78, 5) is 0. The molecule has 0 atom stereocenters. The topological polar surface area (TPSA) is 21.3 Å². The lowest BCUT2D eigenvalue weighted by Crippen LogP contribution is -2.23. The van der Waals surface area contributed by atoms with Crippen LogP contribution >= 0.6 is 0 Å². The molecular formula is C14H22FNO. The number of nitrogens with one attached hydrogen (secondary N) is 1. The van der Waals surface area contributed by atoms with E-state index < -0.39 is 0 Å². The lowest BCUT2D eigenvalue weighted by molar-refractivity contribution is 0.310. The predicted octanol–water partition coefficient (Wildman–Crippen LogP) is 3.15. The molecule has 0 bridgehead atoms. The molecule has 0 amide bonds. The van der Waals surface area contributed by atoms with E-state index in [2.05, 4.69) is 19.2 Å². The molecular weight excluding hydrogens is 217 g/mol. The first-order chi connectivity index (χ1) is 8.09. The summed E-state index contributed by atoms with van der Waals surface area (Å²) in [5.41, 5.74) is 0.646. The number of ether oxygens (including phenoxy) is 1. The van der Waals surface area contributed by atoms with Crippen molar-refractivity contribution >= 4 is 0 Å². The first kappa shape index (κ1) is 14.0. The summed E-state index contributed by atoms with van der Waals surface area (Å²) in [6.07, 6.45) is 1.17. The molecule has 2 nitrogen and oxygen atoms in total. The minimum Gasteiger partial charge on any atom is -0.492 e. The molecule has 0 aliphatic heterocycles. The molecule has 0 saturated carbocycles. The van der Waals surface area contributed by atoms with Crippen LogP contribution in [0, 0.1) is 18.7 Å². The van der Waals surface area contributed by atoms with Crippen LogP contribution in [0.2, 0.25) is 0 Å². The molecule has 0 aliphatic carbocycles. The molecule has 17 heavy (non-hydrogen) atoms. The van der Waals surface area contributed by atoms with Crippen LogP contribution in [-0.2, 0) is 0 Å². The summed E-state index contributed by atoms with van der Waals surface area (Å²) in [6, 6.07) is 4.97. The van der Waals surface area contributed by atoms with Crippen LogP contribution < -0.4 is 10.1 Å².